The molecule has 1 aliphatic heterocycles. The van der Waals surface area contributed by atoms with Gasteiger partial charge >= 0.3 is 0 Å². The van der Waals surface area contributed by atoms with E-state index in [9.17, 15) is 9.59 Å². The summed E-state index contributed by atoms with van der Waals surface area (Å²) in [5, 5.41) is 6.16. The lowest BCUT2D eigenvalue weighted by Gasteiger charge is -2.10. The molecular weight excluding hydrogens is 378 g/mol. The van der Waals surface area contributed by atoms with Crippen LogP contribution in [0.3, 0.4) is 0 Å². The van der Waals surface area contributed by atoms with Gasteiger partial charge in [-0.15, -0.1) is 23.1 Å². The van der Waals surface area contributed by atoms with Gasteiger partial charge in [-0.1, -0.05) is 11.6 Å². The zero-order chi connectivity index (χ0) is 17.6. The molecule has 5 nitrogen and oxygen atoms in total. The Bertz CT molecular complexity index is 749. The molecule has 0 saturated carbocycles. The van der Waals surface area contributed by atoms with E-state index in [-0.39, 0.29) is 18.2 Å². The van der Waals surface area contributed by atoms with Crippen molar-refractivity contribution < 1.29 is 9.59 Å². The Kier molecular flexibility index (Phi) is 6.34. The number of carbonyl (C=O) groups excluding carboxylic acids is 2. The largest absolute Gasteiger partial charge is 0.355 e. The number of anilines is 1. The molecule has 2 heterocycles. The Morgan fingerprint density at radius 3 is 2.88 bits per heavy atom. The van der Waals surface area contributed by atoms with Crippen molar-refractivity contribution in [1.82, 2.24) is 10.3 Å². The number of amides is 2. The molecule has 2 amide bonds. The molecule has 3 rings (SSSR count). The lowest BCUT2D eigenvalue weighted by Crippen LogP contribution is -2.27. The van der Waals surface area contributed by atoms with Crippen molar-refractivity contribution >= 4 is 51.6 Å². The van der Waals surface area contributed by atoms with Crippen molar-refractivity contribution in [3.05, 3.63) is 40.4 Å². The van der Waals surface area contributed by atoms with E-state index in [0.717, 1.165) is 28.6 Å². The average molecular weight is 396 g/mol. The minimum Gasteiger partial charge on any atom is -0.355 e. The van der Waals surface area contributed by atoms with E-state index in [1.54, 1.807) is 16.7 Å². The first-order chi connectivity index (χ1) is 12.1. The highest BCUT2D eigenvalue weighted by atomic mass is 35.5. The number of thiazole rings is 1. The third-order valence-corrected chi connectivity index (χ3v) is 5.87. The van der Waals surface area contributed by atoms with Crippen LogP contribution in [-0.4, -0.2) is 35.6 Å². The molecule has 0 spiro atoms. The Labute approximate surface area is 159 Å². The number of nitrogens with zero attached hydrogens (tertiary/aromatic N) is 2. The van der Waals surface area contributed by atoms with Gasteiger partial charge in [-0.05, 0) is 30.7 Å². The standard InChI is InChI=1S/C17H18ClN3O2S2/c18-12-3-5-14(6-4-12)24-9-7-19-15(22)10-13-11-25-17(20-13)21-8-1-2-16(21)23/h3-6,11H,1-2,7-10H2,(H,19,22). The highest BCUT2D eigenvalue weighted by Crippen LogP contribution is 2.25. The van der Waals surface area contributed by atoms with E-state index in [2.05, 4.69) is 10.3 Å². The van der Waals surface area contributed by atoms with Gasteiger partial charge < -0.3 is 5.32 Å². The number of benzene rings is 1. The zero-order valence-corrected chi connectivity index (χ0v) is 15.9. The summed E-state index contributed by atoms with van der Waals surface area (Å²) in [5.41, 5.74) is 0.711. The second kappa shape index (κ2) is 8.69. The van der Waals surface area contributed by atoms with E-state index in [1.807, 2.05) is 29.6 Å². The maximum atomic E-state index is 12.0. The van der Waals surface area contributed by atoms with Crippen molar-refractivity contribution in [2.45, 2.75) is 24.2 Å². The molecule has 0 atom stereocenters. The number of hydrogen-bond donors (Lipinski definition) is 1. The molecule has 1 saturated heterocycles. The van der Waals surface area contributed by atoms with Gasteiger partial charge in [0.2, 0.25) is 11.8 Å². The van der Waals surface area contributed by atoms with Crippen molar-refractivity contribution in [1.29, 1.82) is 0 Å². The summed E-state index contributed by atoms with van der Waals surface area (Å²) in [7, 11) is 0. The van der Waals surface area contributed by atoms with E-state index in [0.29, 0.717) is 23.8 Å². The summed E-state index contributed by atoms with van der Waals surface area (Å²) in [5.74, 6) is 0.851. The van der Waals surface area contributed by atoms with Gasteiger partial charge in [-0.2, -0.15) is 0 Å². The molecular formula is C17H18ClN3O2S2. The average Bonchev–Trinajstić information content (AvgIpc) is 3.22. The van der Waals surface area contributed by atoms with Crippen LogP contribution in [0.2, 0.25) is 5.02 Å². The molecule has 1 fully saturated rings. The van der Waals surface area contributed by atoms with Gasteiger partial charge in [-0.25, -0.2) is 4.98 Å². The van der Waals surface area contributed by atoms with Crippen LogP contribution in [0.15, 0.2) is 34.5 Å². The van der Waals surface area contributed by atoms with E-state index >= 15 is 0 Å². The number of halogens is 1. The smallest absolute Gasteiger partial charge is 0.228 e. The zero-order valence-electron chi connectivity index (χ0n) is 13.5. The number of carbonyl (C=O) groups is 2. The van der Waals surface area contributed by atoms with Gasteiger partial charge in [0.1, 0.15) is 0 Å². The van der Waals surface area contributed by atoms with Gasteiger partial charge in [0, 0.05) is 40.6 Å². The highest BCUT2D eigenvalue weighted by Gasteiger charge is 2.24. The van der Waals surface area contributed by atoms with Gasteiger partial charge in [0.25, 0.3) is 0 Å². The maximum absolute atomic E-state index is 12.0. The minimum atomic E-state index is -0.0543. The third-order valence-electron chi connectivity index (χ3n) is 3.69. The predicted octanol–water partition coefficient (Wildman–Crippen LogP) is 3.37. The monoisotopic (exact) mass is 395 g/mol. The number of thioether (sulfide) groups is 1. The molecule has 1 aromatic carbocycles. The van der Waals surface area contributed by atoms with Crippen molar-refractivity contribution in [2.24, 2.45) is 0 Å². The van der Waals surface area contributed by atoms with Crippen LogP contribution >= 0.6 is 34.7 Å². The molecule has 25 heavy (non-hydrogen) atoms. The molecule has 0 bridgehead atoms. The summed E-state index contributed by atoms with van der Waals surface area (Å²) in [4.78, 5) is 31.0. The van der Waals surface area contributed by atoms with Gasteiger partial charge in [0.05, 0.1) is 12.1 Å². The van der Waals surface area contributed by atoms with Crippen LogP contribution < -0.4 is 10.2 Å². The summed E-state index contributed by atoms with van der Waals surface area (Å²) < 4.78 is 0. The number of rotatable bonds is 7. The van der Waals surface area contributed by atoms with E-state index < -0.39 is 0 Å². The highest BCUT2D eigenvalue weighted by molar-refractivity contribution is 7.99. The summed E-state index contributed by atoms with van der Waals surface area (Å²) in [6.45, 7) is 1.31. The molecule has 0 radical (unpaired) electrons. The molecule has 0 aliphatic carbocycles. The Balaban J connectivity index is 1.40. The van der Waals surface area contributed by atoms with Crippen molar-refractivity contribution in [3.8, 4) is 0 Å². The Morgan fingerprint density at radius 2 is 2.16 bits per heavy atom. The Morgan fingerprint density at radius 1 is 1.36 bits per heavy atom. The molecule has 1 N–H and O–H groups in total. The van der Waals surface area contributed by atoms with Crippen LogP contribution in [0, 0.1) is 0 Å². The van der Waals surface area contributed by atoms with Gasteiger partial charge in [0.15, 0.2) is 5.13 Å². The SMILES string of the molecule is O=C(Cc1csc(N2CCCC2=O)n1)NCCSc1ccc(Cl)cc1. The van der Waals surface area contributed by atoms with Gasteiger partial charge in [-0.3, -0.25) is 14.5 Å². The minimum absolute atomic E-state index is 0.0543. The number of aromatic nitrogens is 1. The summed E-state index contributed by atoms with van der Waals surface area (Å²) >= 11 is 8.94. The van der Waals surface area contributed by atoms with Crippen molar-refractivity contribution in [2.75, 3.05) is 23.7 Å². The Hall–Kier alpha value is -1.57. The predicted molar refractivity (Wildman–Crippen MR) is 103 cm³/mol. The molecule has 1 aliphatic rings. The quantitative estimate of drug-likeness (QED) is 0.576. The summed E-state index contributed by atoms with van der Waals surface area (Å²) in [6, 6.07) is 7.64. The fourth-order valence-corrected chi connectivity index (χ4v) is 4.23. The van der Waals surface area contributed by atoms with Crippen LogP contribution in [-0.2, 0) is 16.0 Å². The first-order valence-electron chi connectivity index (χ1n) is 8.01. The molecule has 0 unspecified atom stereocenters. The maximum Gasteiger partial charge on any atom is 0.228 e. The van der Waals surface area contributed by atoms with Crippen LogP contribution in [0.25, 0.3) is 0 Å². The number of hydrogen-bond acceptors (Lipinski definition) is 5. The van der Waals surface area contributed by atoms with Crippen LogP contribution in [0.1, 0.15) is 18.5 Å². The van der Waals surface area contributed by atoms with E-state index in [4.69, 9.17) is 11.6 Å². The fourth-order valence-electron chi connectivity index (χ4n) is 2.47. The van der Waals surface area contributed by atoms with Crippen molar-refractivity contribution in [3.63, 3.8) is 0 Å². The number of nitrogens with one attached hydrogen (secondary N) is 1. The fraction of sp³-hybridized carbons (Fsp3) is 0.353. The molecule has 2 aromatic rings. The molecule has 8 heteroatoms. The second-order valence-corrected chi connectivity index (χ2v) is 8.04. The first kappa shape index (κ1) is 18.2. The normalized spacial score (nSPS) is 14.1. The second-order valence-electron chi connectivity index (χ2n) is 5.60. The van der Waals surface area contributed by atoms with Crippen LogP contribution in [0.4, 0.5) is 5.13 Å². The topological polar surface area (TPSA) is 62.3 Å². The lowest BCUT2D eigenvalue weighted by molar-refractivity contribution is -0.120. The molecule has 132 valence electrons. The summed E-state index contributed by atoms with van der Waals surface area (Å²) in [6.07, 6.45) is 1.70. The molecule has 1 aromatic heterocycles. The third kappa shape index (κ3) is 5.20. The van der Waals surface area contributed by atoms with E-state index in [1.165, 1.54) is 11.3 Å². The lowest BCUT2D eigenvalue weighted by atomic mass is 10.3. The van der Waals surface area contributed by atoms with Crippen LogP contribution in [0.5, 0.6) is 0 Å². The first-order valence-corrected chi connectivity index (χ1v) is 10.3.